The molecule has 0 N–H and O–H groups in total. The van der Waals surface area contributed by atoms with Gasteiger partial charge in [0.25, 0.3) is 0 Å². The molecule has 0 bridgehead atoms. The molecule has 0 saturated heterocycles. The second-order valence-electron chi connectivity index (χ2n) is 5.54. The lowest BCUT2D eigenvalue weighted by Gasteiger charge is -2.16. The number of rotatable bonds is 2. The average Bonchev–Trinajstić information content (AvgIpc) is 2.82. The molecule has 1 aliphatic heterocycles. The lowest BCUT2D eigenvalue weighted by molar-refractivity contribution is -0.0434. The van der Waals surface area contributed by atoms with Gasteiger partial charge in [0.15, 0.2) is 11.5 Å². The third-order valence-electron chi connectivity index (χ3n) is 3.40. The number of hydrogen-bond acceptors (Lipinski definition) is 2. The van der Waals surface area contributed by atoms with Crippen molar-refractivity contribution >= 4 is 0 Å². The van der Waals surface area contributed by atoms with Crippen LogP contribution in [0.1, 0.15) is 38.8 Å². The van der Waals surface area contributed by atoms with Crippen LogP contribution in [0, 0.1) is 0 Å². The van der Waals surface area contributed by atoms with Crippen LogP contribution in [0.2, 0.25) is 0 Å². The van der Waals surface area contributed by atoms with Gasteiger partial charge < -0.3 is 9.47 Å². The van der Waals surface area contributed by atoms with E-state index in [2.05, 4.69) is 44.2 Å². The Morgan fingerprint density at radius 1 is 0.810 bits per heavy atom. The molecular formula is C19H24O2. The molecule has 0 aliphatic carbocycles. The molecule has 0 fully saturated rings. The first-order valence-electron chi connectivity index (χ1n) is 7.59. The van der Waals surface area contributed by atoms with Crippen molar-refractivity contribution in [3.05, 3.63) is 59.7 Å². The molecule has 2 heteroatoms. The zero-order chi connectivity index (χ0) is 15.3. The smallest absolute Gasteiger partial charge is 0.246 e. The predicted octanol–water partition coefficient (Wildman–Crippen LogP) is 5.01. The minimum Gasteiger partial charge on any atom is -0.449 e. The van der Waals surface area contributed by atoms with E-state index in [1.165, 1.54) is 11.1 Å². The van der Waals surface area contributed by atoms with Gasteiger partial charge in [-0.3, -0.25) is 0 Å². The molecule has 112 valence electrons. The van der Waals surface area contributed by atoms with Crippen molar-refractivity contribution in [2.45, 2.75) is 46.3 Å². The van der Waals surface area contributed by atoms with Crippen molar-refractivity contribution in [3.8, 4) is 11.5 Å². The molecule has 1 aliphatic rings. The minimum absolute atomic E-state index is 0.506. The Hall–Kier alpha value is -1.96. The van der Waals surface area contributed by atoms with E-state index >= 15 is 0 Å². The van der Waals surface area contributed by atoms with Crippen LogP contribution in [-0.4, -0.2) is 5.79 Å². The Morgan fingerprint density at radius 3 is 2.10 bits per heavy atom. The first-order chi connectivity index (χ1) is 10.1. The normalized spacial score (nSPS) is 14.3. The summed E-state index contributed by atoms with van der Waals surface area (Å²) in [7, 11) is 0. The second kappa shape index (κ2) is 6.66. The fraction of sp³-hybridized carbons (Fsp3) is 0.368. The third kappa shape index (κ3) is 4.01. The lowest BCUT2D eigenvalue weighted by atomic mass is 10.1. The van der Waals surface area contributed by atoms with Gasteiger partial charge >= 0.3 is 0 Å². The highest BCUT2D eigenvalue weighted by Gasteiger charge is 2.32. The summed E-state index contributed by atoms with van der Waals surface area (Å²) in [5, 5.41) is 0. The maximum absolute atomic E-state index is 5.69. The fourth-order valence-electron chi connectivity index (χ4n) is 2.28. The summed E-state index contributed by atoms with van der Waals surface area (Å²) in [6.07, 6.45) is 2.11. The van der Waals surface area contributed by atoms with E-state index in [0.717, 1.165) is 24.3 Å². The van der Waals surface area contributed by atoms with Crippen LogP contribution in [-0.2, 0) is 12.8 Å². The molecule has 0 radical (unpaired) electrons. The summed E-state index contributed by atoms with van der Waals surface area (Å²) in [5.74, 6) is 1.27. The number of ether oxygens (including phenoxy) is 2. The van der Waals surface area contributed by atoms with Crippen molar-refractivity contribution in [1.29, 1.82) is 0 Å². The van der Waals surface area contributed by atoms with Crippen molar-refractivity contribution < 1.29 is 9.47 Å². The SMILES string of the molecule is CCc1cccc2c1OC(C)(C)O2.CCc1ccccc1. The fourth-order valence-corrected chi connectivity index (χ4v) is 2.28. The van der Waals surface area contributed by atoms with Gasteiger partial charge in [0.05, 0.1) is 0 Å². The Morgan fingerprint density at radius 2 is 1.52 bits per heavy atom. The Balaban J connectivity index is 0.000000173. The first-order valence-corrected chi connectivity index (χ1v) is 7.59. The van der Waals surface area contributed by atoms with Crippen molar-refractivity contribution in [1.82, 2.24) is 0 Å². The standard InChI is InChI=1S/C11H14O2.C8H10/c1-4-8-6-5-7-9-10(8)13-11(2,3)12-9;1-2-8-6-4-3-5-7-8/h5-7H,4H2,1-3H3;3-7H,2H2,1H3. The van der Waals surface area contributed by atoms with Crippen molar-refractivity contribution in [3.63, 3.8) is 0 Å². The van der Waals surface area contributed by atoms with E-state index < -0.39 is 5.79 Å². The van der Waals surface area contributed by atoms with E-state index in [-0.39, 0.29) is 0 Å². The van der Waals surface area contributed by atoms with Gasteiger partial charge in [-0.25, -0.2) is 0 Å². The molecule has 2 aromatic carbocycles. The van der Waals surface area contributed by atoms with Crippen LogP contribution in [0.25, 0.3) is 0 Å². The summed E-state index contributed by atoms with van der Waals surface area (Å²) in [6, 6.07) is 16.5. The zero-order valence-electron chi connectivity index (χ0n) is 13.3. The summed E-state index contributed by atoms with van der Waals surface area (Å²) >= 11 is 0. The van der Waals surface area contributed by atoms with Crippen LogP contribution in [0.5, 0.6) is 11.5 Å². The lowest BCUT2D eigenvalue weighted by Crippen LogP contribution is -2.29. The molecule has 2 nitrogen and oxygen atoms in total. The summed E-state index contributed by atoms with van der Waals surface area (Å²) in [6.45, 7) is 8.12. The molecule has 21 heavy (non-hydrogen) atoms. The van der Waals surface area contributed by atoms with Crippen LogP contribution in [0.15, 0.2) is 48.5 Å². The summed E-state index contributed by atoms with van der Waals surface area (Å²) < 4.78 is 11.3. The van der Waals surface area contributed by atoms with Crippen LogP contribution in [0.3, 0.4) is 0 Å². The average molecular weight is 284 g/mol. The van der Waals surface area contributed by atoms with E-state index in [4.69, 9.17) is 9.47 Å². The van der Waals surface area contributed by atoms with Crippen LogP contribution in [0.4, 0.5) is 0 Å². The van der Waals surface area contributed by atoms with Crippen LogP contribution < -0.4 is 9.47 Å². The van der Waals surface area contributed by atoms with Gasteiger partial charge in [-0.1, -0.05) is 56.3 Å². The van der Waals surface area contributed by atoms with Gasteiger partial charge in [0.1, 0.15) is 0 Å². The van der Waals surface area contributed by atoms with E-state index in [0.29, 0.717) is 0 Å². The summed E-state index contributed by atoms with van der Waals surface area (Å²) in [5.41, 5.74) is 2.62. The van der Waals surface area contributed by atoms with Crippen molar-refractivity contribution in [2.24, 2.45) is 0 Å². The molecule has 0 amide bonds. The quantitative estimate of drug-likeness (QED) is 0.772. The number of aryl methyl sites for hydroxylation is 2. The third-order valence-corrected chi connectivity index (χ3v) is 3.40. The Kier molecular flexibility index (Phi) is 4.89. The zero-order valence-corrected chi connectivity index (χ0v) is 13.3. The maximum atomic E-state index is 5.69. The molecule has 0 unspecified atom stereocenters. The molecule has 2 aromatic rings. The first kappa shape index (κ1) is 15.4. The van der Waals surface area contributed by atoms with Gasteiger partial charge in [-0.05, 0) is 30.0 Å². The number of benzene rings is 2. The highest BCUT2D eigenvalue weighted by atomic mass is 16.7. The predicted molar refractivity (Wildman–Crippen MR) is 87.0 cm³/mol. The molecule has 3 rings (SSSR count). The van der Waals surface area contributed by atoms with Gasteiger partial charge in [-0.2, -0.15) is 0 Å². The Labute approximate surface area is 127 Å². The minimum atomic E-state index is -0.506. The van der Waals surface area contributed by atoms with E-state index in [9.17, 15) is 0 Å². The second-order valence-corrected chi connectivity index (χ2v) is 5.54. The van der Waals surface area contributed by atoms with E-state index in [1.54, 1.807) is 0 Å². The highest BCUT2D eigenvalue weighted by molar-refractivity contribution is 5.49. The topological polar surface area (TPSA) is 18.5 Å². The van der Waals surface area contributed by atoms with Crippen molar-refractivity contribution in [2.75, 3.05) is 0 Å². The molecule has 0 saturated carbocycles. The molecular weight excluding hydrogens is 260 g/mol. The van der Waals surface area contributed by atoms with Gasteiger partial charge in [0, 0.05) is 13.8 Å². The number of fused-ring (bicyclic) bond motifs is 1. The maximum Gasteiger partial charge on any atom is 0.246 e. The molecule has 0 atom stereocenters. The summed E-state index contributed by atoms with van der Waals surface area (Å²) in [4.78, 5) is 0. The Bertz CT molecular complexity index is 573. The van der Waals surface area contributed by atoms with E-state index in [1.807, 2.05) is 32.0 Å². The monoisotopic (exact) mass is 284 g/mol. The van der Waals surface area contributed by atoms with Gasteiger partial charge in [0.2, 0.25) is 5.79 Å². The highest BCUT2D eigenvalue weighted by Crippen LogP contribution is 2.41. The molecule has 1 heterocycles. The number of hydrogen-bond donors (Lipinski definition) is 0. The largest absolute Gasteiger partial charge is 0.449 e. The molecule has 0 spiro atoms. The number of para-hydroxylation sites is 1. The molecule has 0 aromatic heterocycles. The van der Waals surface area contributed by atoms with Gasteiger partial charge in [-0.15, -0.1) is 0 Å². The van der Waals surface area contributed by atoms with Crippen LogP contribution >= 0.6 is 0 Å².